The van der Waals surface area contributed by atoms with E-state index in [1.165, 1.54) is 0 Å². The molecule has 0 aliphatic heterocycles. The maximum Gasteiger partial charge on any atom is 0.0915 e. The van der Waals surface area contributed by atoms with E-state index in [1.807, 2.05) is 42.5 Å². The fraction of sp³-hybridized carbons (Fsp3) is 0. The first kappa shape index (κ1) is 15.5. The maximum absolute atomic E-state index is 4.82. The molecule has 0 N–H and O–H groups in total. The number of anilines is 3. The van der Waals surface area contributed by atoms with Crippen molar-refractivity contribution in [1.82, 2.24) is 9.97 Å². The van der Waals surface area contributed by atoms with Crippen LogP contribution in [0, 0.1) is 0 Å². The number of para-hydroxylation sites is 4. The van der Waals surface area contributed by atoms with E-state index in [0.29, 0.717) is 0 Å². The minimum Gasteiger partial charge on any atom is -0.310 e. The summed E-state index contributed by atoms with van der Waals surface area (Å²) < 4.78 is 0. The van der Waals surface area contributed by atoms with Gasteiger partial charge in [0.1, 0.15) is 0 Å². The molecule has 0 aliphatic rings. The van der Waals surface area contributed by atoms with Crippen LogP contribution in [0.15, 0.2) is 103 Å². The van der Waals surface area contributed by atoms with E-state index in [1.54, 1.807) is 0 Å². The quantitative estimate of drug-likeness (QED) is 0.361. The van der Waals surface area contributed by atoms with Crippen LogP contribution in [-0.2, 0) is 0 Å². The van der Waals surface area contributed by atoms with Gasteiger partial charge in [0.2, 0.25) is 0 Å². The molecule has 0 saturated heterocycles. The average molecular weight is 347 g/mol. The van der Waals surface area contributed by atoms with Crippen LogP contribution in [0.4, 0.5) is 17.1 Å². The highest BCUT2D eigenvalue weighted by atomic mass is 15.1. The molecule has 27 heavy (non-hydrogen) atoms. The summed E-state index contributed by atoms with van der Waals surface area (Å²) in [5.41, 5.74) is 6.90. The van der Waals surface area contributed by atoms with Crippen LogP contribution < -0.4 is 4.90 Å². The van der Waals surface area contributed by atoms with Gasteiger partial charge in [-0.2, -0.15) is 0 Å². The van der Waals surface area contributed by atoms with E-state index < -0.39 is 0 Å². The standard InChI is InChI=1S/C24H17N3/c1-3-9-18(10-4-1)27(19-11-5-2-6-12-19)20-15-16-23-24(17-20)26-22-14-8-7-13-21(22)25-23/h1-17H. The lowest BCUT2D eigenvalue weighted by Gasteiger charge is -2.25. The molecule has 128 valence electrons. The monoisotopic (exact) mass is 347 g/mol. The second-order valence-electron chi connectivity index (χ2n) is 6.39. The molecule has 1 heterocycles. The smallest absolute Gasteiger partial charge is 0.0915 e. The fourth-order valence-electron chi connectivity index (χ4n) is 3.35. The van der Waals surface area contributed by atoms with Gasteiger partial charge < -0.3 is 4.90 Å². The molecule has 0 unspecified atom stereocenters. The van der Waals surface area contributed by atoms with Crippen molar-refractivity contribution in [3.05, 3.63) is 103 Å². The molecule has 0 radical (unpaired) electrons. The molecular weight excluding hydrogens is 330 g/mol. The zero-order valence-corrected chi connectivity index (χ0v) is 14.7. The summed E-state index contributed by atoms with van der Waals surface area (Å²) in [5.74, 6) is 0. The second kappa shape index (κ2) is 6.54. The minimum absolute atomic E-state index is 0.892. The molecule has 0 fully saturated rings. The average Bonchev–Trinajstić information content (AvgIpc) is 2.74. The third kappa shape index (κ3) is 2.89. The summed E-state index contributed by atoms with van der Waals surface area (Å²) in [5, 5.41) is 0. The maximum atomic E-state index is 4.82. The Labute approximate surface area is 157 Å². The van der Waals surface area contributed by atoms with Crippen molar-refractivity contribution in [3.8, 4) is 0 Å². The van der Waals surface area contributed by atoms with E-state index >= 15 is 0 Å². The van der Waals surface area contributed by atoms with Crippen molar-refractivity contribution >= 4 is 39.1 Å². The summed E-state index contributed by atoms with van der Waals surface area (Å²) in [6, 6.07) is 35.0. The first-order valence-corrected chi connectivity index (χ1v) is 8.95. The molecule has 0 amide bonds. The third-order valence-corrected chi connectivity index (χ3v) is 4.61. The molecule has 0 bridgehead atoms. The minimum atomic E-state index is 0.892. The Morgan fingerprint density at radius 1 is 0.407 bits per heavy atom. The molecule has 4 aromatic carbocycles. The Hall–Kier alpha value is -3.72. The normalized spacial score (nSPS) is 11.0. The Balaban J connectivity index is 1.71. The number of rotatable bonds is 3. The van der Waals surface area contributed by atoms with Gasteiger partial charge in [-0.3, -0.25) is 0 Å². The first-order chi connectivity index (χ1) is 13.4. The third-order valence-electron chi connectivity index (χ3n) is 4.61. The molecule has 0 spiro atoms. The van der Waals surface area contributed by atoms with Gasteiger partial charge in [-0.05, 0) is 54.6 Å². The van der Waals surface area contributed by atoms with Crippen LogP contribution in [0.1, 0.15) is 0 Å². The summed E-state index contributed by atoms with van der Waals surface area (Å²) >= 11 is 0. The van der Waals surface area contributed by atoms with Crippen molar-refractivity contribution in [2.24, 2.45) is 0 Å². The van der Waals surface area contributed by atoms with Crippen molar-refractivity contribution in [1.29, 1.82) is 0 Å². The number of aromatic nitrogens is 2. The van der Waals surface area contributed by atoms with Gasteiger partial charge in [-0.25, -0.2) is 9.97 Å². The Bertz CT molecular complexity index is 1180. The summed E-state index contributed by atoms with van der Waals surface area (Å²) in [6.07, 6.45) is 0. The van der Waals surface area contributed by atoms with Gasteiger partial charge in [-0.15, -0.1) is 0 Å². The van der Waals surface area contributed by atoms with Gasteiger partial charge in [0.05, 0.1) is 22.1 Å². The highest BCUT2D eigenvalue weighted by Crippen LogP contribution is 2.35. The molecule has 3 nitrogen and oxygen atoms in total. The molecule has 0 aliphatic carbocycles. The van der Waals surface area contributed by atoms with Gasteiger partial charge in [0, 0.05) is 17.1 Å². The van der Waals surface area contributed by atoms with E-state index in [0.717, 1.165) is 39.1 Å². The van der Waals surface area contributed by atoms with Gasteiger partial charge in [0.15, 0.2) is 0 Å². The van der Waals surface area contributed by atoms with E-state index in [2.05, 4.69) is 65.6 Å². The van der Waals surface area contributed by atoms with Crippen molar-refractivity contribution in [3.63, 3.8) is 0 Å². The number of benzene rings is 4. The highest BCUT2D eigenvalue weighted by Gasteiger charge is 2.13. The van der Waals surface area contributed by atoms with Crippen LogP contribution in [0.5, 0.6) is 0 Å². The summed E-state index contributed by atoms with van der Waals surface area (Å²) in [7, 11) is 0. The lowest BCUT2D eigenvalue weighted by atomic mass is 10.1. The summed E-state index contributed by atoms with van der Waals surface area (Å²) in [6.45, 7) is 0. The highest BCUT2D eigenvalue weighted by molar-refractivity contribution is 5.90. The van der Waals surface area contributed by atoms with Crippen LogP contribution in [0.3, 0.4) is 0 Å². The molecule has 0 atom stereocenters. The Kier molecular flexibility index (Phi) is 3.76. The predicted molar refractivity (Wildman–Crippen MR) is 112 cm³/mol. The van der Waals surface area contributed by atoms with Crippen LogP contribution in [0.2, 0.25) is 0 Å². The van der Waals surface area contributed by atoms with E-state index in [9.17, 15) is 0 Å². The fourth-order valence-corrected chi connectivity index (χ4v) is 3.35. The lowest BCUT2D eigenvalue weighted by molar-refractivity contribution is 1.28. The van der Waals surface area contributed by atoms with Crippen LogP contribution in [0.25, 0.3) is 22.1 Å². The van der Waals surface area contributed by atoms with Gasteiger partial charge in [-0.1, -0.05) is 48.5 Å². The van der Waals surface area contributed by atoms with Crippen LogP contribution >= 0.6 is 0 Å². The van der Waals surface area contributed by atoms with Crippen molar-refractivity contribution < 1.29 is 0 Å². The molecule has 0 saturated carbocycles. The van der Waals surface area contributed by atoms with E-state index in [4.69, 9.17) is 9.97 Å². The zero-order chi connectivity index (χ0) is 18.1. The zero-order valence-electron chi connectivity index (χ0n) is 14.7. The first-order valence-electron chi connectivity index (χ1n) is 8.95. The predicted octanol–water partition coefficient (Wildman–Crippen LogP) is 6.25. The van der Waals surface area contributed by atoms with Gasteiger partial charge >= 0.3 is 0 Å². The molecule has 3 heteroatoms. The molecule has 1 aromatic heterocycles. The molecule has 5 rings (SSSR count). The Morgan fingerprint density at radius 3 is 1.48 bits per heavy atom. The molecular formula is C24H17N3. The Morgan fingerprint density at radius 2 is 0.889 bits per heavy atom. The van der Waals surface area contributed by atoms with E-state index in [-0.39, 0.29) is 0 Å². The summed E-state index contributed by atoms with van der Waals surface area (Å²) in [4.78, 5) is 11.8. The number of nitrogens with zero attached hydrogens (tertiary/aromatic N) is 3. The SMILES string of the molecule is c1ccc(N(c2ccccc2)c2ccc3nc4ccccc4nc3c2)cc1. The number of fused-ring (bicyclic) bond motifs is 2. The van der Waals surface area contributed by atoms with Gasteiger partial charge in [0.25, 0.3) is 0 Å². The van der Waals surface area contributed by atoms with Crippen molar-refractivity contribution in [2.45, 2.75) is 0 Å². The van der Waals surface area contributed by atoms with Crippen molar-refractivity contribution in [2.75, 3.05) is 4.90 Å². The molecule has 5 aromatic rings. The largest absolute Gasteiger partial charge is 0.310 e. The number of hydrogen-bond donors (Lipinski definition) is 0. The second-order valence-corrected chi connectivity index (χ2v) is 6.39. The topological polar surface area (TPSA) is 29.0 Å². The number of hydrogen-bond acceptors (Lipinski definition) is 3. The lowest BCUT2D eigenvalue weighted by Crippen LogP contribution is -2.09. The van der Waals surface area contributed by atoms with Crippen LogP contribution in [-0.4, -0.2) is 9.97 Å².